The number of rotatable bonds is 6. The van der Waals surface area contributed by atoms with Crippen LogP contribution >= 0.6 is 23.2 Å². The number of nitrogens with one attached hydrogen (secondary N) is 1. The third-order valence-electron chi connectivity index (χ3n) is 4.86. The van der Waals surface area contributed by atoms with Gasteiger partial charge in [0.1, 0.15) is 10.6 Å². The van der Waals surface area contributed by atoms with Gasteiger partial charge in [-0.05, 0) is 31.0 Å². The van der Waals surface area contributed by atoms with Gasteiger partial charge in [-0.3, -0.25) is 9.59 Å². The van der Waals surface area contributed by atoms with Crippen LogP contribution in [0.4, 0.5) is 5.69 Å². The Labute approximate surface area is 185 Å². The van der Waals surface area contributed by atoms with Crippen molar-refractivity contribution in [2.75, 3.05) is 32.0 Å². The third kappa shape index (κ3) is 4.64. The summed E-state index contributed by atoms with van der Waals surface area (Å²) in [7, 11) is -0.593. The van der Waals surface area contributed by atoms with Crippen molar-refractivity contribution in [3.05, 3.63) is 46.2 Å². The van der Waals surface area contributed by atoms with Crippen LogP contribution in [-0.2, 0) is 21.9 Å². The minimum atomic E-state index is -3.64. The zero-order valence-corrected chi connectivity index (χ0v) is 18.9. The van der Waals surface area contributed by atoms with Gasteiger partial charge in [-0.25, -0.2) is 8.42 Å². The second kappa shape index (κ2) is 8.97. The molecule has 1 saturated heterocycles. The van der Waals surface area contributed by atoms with E-state index in [1.54, 1.807) is 25.2 Å². The molecule has 0 atom stereocenters. The Morgan fingerprint density at radius 1 is 1.17 bits per heavy atom. The number of carbonyl (C=O) groups is 2. The Morgan fingerprint density at radius 3 is 2.37 bits per heavy atom. The third-order valence-corrected chi connectivity index (χ3v) is 7.35. The van der Waals surface area contributed by atoms with E-state index in [4.69, 9.17) is 23.2 Å². The van der Waals surface area contributed by atoms with E-state index in [2.05, 4.69) is 5.32 Å². The van der Waals surface area contributed by atoms with Gasteiger partial charge in [0.25, 0.3) is 5.91 Å². The molecule has 1 aliphatic heterocycles. The lowest BCUT2D eigenvalue weighted by Gasteiger charge is -2.17. The summed E-state index contributed by atoms with van der Waals surface area (Å²) in [6.07, 6.45) is 3.06. The number of hydrogen-bond acceptors (Lipinski definition) is 4. The molecule has 11 heteroatoms. The molecule has 1 aromatic heterocycles. The average Bonchev–Trinajstić information content (AvgIpc) is 3.34. The predicted molar refractivity (Wildman–Crippen MR) is 115 cm³/mol. The SMILES string of the molecule is CN(CC(=O)Nc1c(Cl)cccc1Cl)C(=O)c1cc(S(=O)(=O)N2CCCC2)cn1C. The second-order valence-corrected chi connectivity index (χ2v) is 9.84. The van der Waals surface area contributed by atoms with Crippen LogP contribution in [0.1, 0.15) is 23.3 Å². The van der Waals surface area contributed by atoms with E-state index >= 15 is 0 Å². The molecule has 1 fully saturated rings. The van der Waals surface area contributed by atoms with Crippen molar-refractivity contribution in [1.29, 1.82) is 0 Å². The molecule has 8 nitrogen and oxygen atoms in total. The topological polar surface area (TPSA) is 91.7 Å². The number of carbonyl (C=O) groups excluding carboxylic acids is 2. The molecule has 0 bridgehead atoms. The highest BCUT2D eigenvalue weighted by atomic mass is 35.5. The number of halogens is 2. The summed E-state index contributed by atoms with van der Waals surface area (Å²) in [5.74, 6) is -0.972. The van der Waals surface area contributed by atoms with Crippen molar-refractivity contribution in [2.24, 2.45) is 7.05 Å². The van der Waals surface area contributed by atoms with Crippen molar-refractivity contribution in [3.8, 4) is 0 Å². The van der Waals surface area contributed by atoms with Gasteiger partial charge < -0.3 is 14.8 Å². The van der Waals surface area contributed by atoms with Crippen LogP contribution in [0.2, 0.25) is 10.0 Å². The summed E-state index contributed by atoms with van der Waals surface area (Å²) in [5, 5.41) is 3.15. The molecule has 1 aliphatic rings. The Hall–Kier alpha value is -2.07. The van der Waals surface area contributed by atoms with Crippen LogP contribution in [0.5, 0.6) is 0 Å². The number of anilines is 1. The quantitative estimate of drug-likeness (QED) is 0.699. The number of likely N-dealkylation sites (N-methyl/N-ethyl adjacent to an activating group) is 1. The first-order chi connectivity index (χ1) is 14.1. The maximum atomic E-state index is 12.8. The lowest BCUT2D eigenvalue weighted by molar-refractivity contribution is -0.116. The summed E-state index contributed by atoms with van der Waals surface area (Å²) in [6, 6.07) is 6.17. The highest BCUT2D eigenvalue weighted by Gasteiger charge is 2.30. The van der Waals surface area contributed by atoms with Gasteiger partial charge in [0.05, 0.1) is 22.3 Å². The lowest BCUT2D eigenvalue weighted by Crippen LogP contribution is -2.35. The Bertz CT molecular complexity index is 1060. The zero-order valence-electron chi connectivity index (χ0n) is 16.6. The van der Waals surface area contributed by atoms with Gasteiger partial charge in [0.2, 0.25) is 15.9 Å². The highest BCUT2D eigenvalue weighted by Crippen LogP contribution is 2.29. The van der Waals surface area contributed by atoms with Crippen LogP contribution in [0, 0.1) is 0 Å². The van der Waals surface area contributed by atoms with Crippen LogP contribution in [0.3, 0.4) is 0 Å². The minimum absolute atomic E-state index is 0.0657. The fourth-order valence-corrected chi connectivity index (χ4v) is 5.33. The average molecular weight is 473 g/mol. The van der Waals surface area contributed by atoms with Gasteiger partial charge in [-0.15, -0.1) is 0 Å². The van der Waals surface area contributed by atoms with Crippen LogP contribution in [0.15, 0.2) is 35.4 Å². The molecule has 1 aromatic carbocycles. The normalized spacial score (nSPS) is 14.7. The molecular formula is C19H22Cl2N4O4S. The van der Waals surface area contributed by atoms with Gasteiger partial charge in [0.15, 0.2) is 0 Å². The number of aromatic nitrogens is 1. The van der Waals surface area contributed by atoms with E-state index in [1.165, 1.54) is 33.1 Å². The van der Waals surface area contributed by atoms with Crippen molar-refractivity contribution in [3.63, 3.8) is 0 Å². The number of hydrogen-bond donors (Lipinski definition) is 1. The molecule has 30 heavy (non-hydrogen) atoms. The Balaban J connectivity index is 1.72. The lowest BCUT2D eigenvalue weighted by atomic mass is 10.3. The standard InChI is InChI=1S/C19H22Cl2N4O4S/c1-23-11-13(30(28,29)25-8-3-4-9-25)10-16(23)19(27)24(2)12-17(26)22-18-14(20)6-5-7-15(18)21/h5-7,10-11H,3-4,8-9,12H2,1-2H3,(H,22,26). The van der Waals surface area contributed by atoms with Gasteiger partial charge in [-0.1, -0.05) is 29.3 Å². The predicted octanol–water partition coefficient (Wildman–Crippen LogP) is 2.83. The largest absolute Gasteiger partial charge is 0.345 e. The smallest absolute Gasteiger partial charge is 0.270 e. The molecule has 2 heterocycles. The van der Waals surface area contributed by atoms with E-state index < -0.39 is 21.8 Å². The van der Waals surface area contributed by atoms with Crippen molar-refractivity contribution >= 4 is 50.7 Å². The van der Waals surface area contributed by atoms with Crippen LogP contribution < -0.4 is 5.32 Å². The van der Waals surface area contributed by atoms with Crippen molar-refractivity contribution in [2.45, 2.75) is 17.7 Å². The molecular weight excluding hydrogens is 451 g/mol. The minimum Gasteiger partial charge on any atom is -0.345 e. The molecule has 162 valence electrons. The number of sulfonamides is 1. The van der Waals surface area contributed by atoms with Crippen LogP contribution in [0.25, 0.3) is 0 Å². The molecule has 1 N–H and O–H groups in total. The summed E-state index contributed by atoms with van der Waals surface area (Å²) >= 11 is 12.1. The monoisotopic (exact) mass is 472 g/mol. The fourth-order valence-electron chi connectivity index (χ4n) is 3.24. The van der Waals surface area contributed by atoms with Gasteiger partial charge >= 0.3 is 0 Å². The van der Waals surface area contributed by atoms with E-state index in [0.29, 0.717) is 13.1 Å². The fraction of sp³-hybridized carbons (Fsp3) is 0.368. The zero-order chi connectivity index (χ0) is 22.1. The number of benzene rings is 1. The summed E-state index contributed by atoms with van der Waals surface area (Å²) < 4.78 is 28.3. The molecule has 0 spiro atoms. The molecule has 0 unspecified atom stereocenters. The number of para-hydroxylation sites is 1. The number of nitrogens with zero attached hydrogens (tertiary/aromatic N) is 3. The molecule has 2 aromatic rings. The van der Waals surface area contributed by atoms with Crippen LogP contribution in [-0.4, -0.2) is 60.7 Å². The first-order valence-corrected chi connectivity index (χ1v) is 11.5. The Kier molecular flexibility index (Phi) is 6.76. The number of amides is 2. The molecule has 0 aliphatic carbocycles. The summed E-state index contributed by atoms with van der Waals surface area (Å²) in [6.45, 7) is 0.691. The Morgan fingerprint density at radius 2 is 1.77 bits per heavy atom. The molecule has 3 rings (SSSR count). The van der Waals surface area contributed by atoms with E-state index in [9.17, 15) is 18.0 Å². The highest BCUT2D eigenvalue weighted by molar-refractivity contribution is 7.89. The van der Waals surface area contributed by atoms with Crippen molar-refractivity contribution < 1.29 is 18.0 Å². The molecule has 0 radical (unpaired) electrons. The van der Waals surface area contributed by atoms with Crippen molar-refractivity contribution in [1.82, 2.24) is 13.8 Å². The first-order valence-electron chi connectivity index (χ1n) is 9.27. The van der Waals surface area contributed by atoms with Gasteiger partial charge in [-0.2, -0.15) is 4.31 Å². The molecule has 0 saturated carbocycles. The van der Waals surface area contributed by atoms with E-state index in [0.717, 1.165) is 12.8 Å². The summed E-state index contributed by atoms with van der Waals surface area (Å²) in [5.41, 5.74) is 0.434. The maximum absolute atomic E-state index is 12.8. The number of aryl methyl sites for hydroxylation is 1. The van der Waals surface area contributed by atoms with E-state index in [1.807, 2.05) is 0 Å². The van der Waals surface area contributed by atoms with E-state index in [-0.39, 0.29) is 32.9 Å². The van der Waals surface area contributed by atoms with Gasteiger partial charge in [0, 0.05) is 33.4 Å². The first kappa shape index (κ1) is 22.6. The summed E-state index contributed by atoms with van der Waals surface area (Å²) in [4.78, 5) is 26.4. The maximum Gasteiger partial charge on any atom is 0.270 e. The second-order valence-electron chi connectivity index (χ2n) is 7.09. The molecule has 2 amide bonds.